The number of anilines is 1. The third kappa shape index (κ3) is 3.19. The Morgan fingerprint density at radius 1 is 1.37 bits per heavy atom. The summed E-state index contributed by atoms with van der Waals surface area (Å²) < 4.78 is 26.0. The first-order valence-corrected chi connectivity index (χ1v) is 7.50. The van der Waals surface area contributed by atoms with Crippen LogP contribution in [0.3, 0.4) is 0 Å². The van der Waals surface area contributed by atoms with Gasteiger partial charge in [0.25, 0.3) is 10.0 Å². The highest BCUT2D eigenvalue weighted by atomic mass is 32.2. The molecule has 1 aliphatic rings. The Hall–Kier alpha value is -1.70. The maximum atomic E-state index is 12.1. The molecule has 1 radical (unpaired) electrons. The largest absolute Gasteiger partial charge is 0.355 e. The Bertz CT molecular complexity index is 567. The average molecular weight is 283 g/mol. The topological polar surface area (TPSA) is 92.3 Å². The van der Waals surface area contributed by atoms with Crippen LogP contribution >= 0.6 is 0 Å². The van der Waals surface area contributed by atoms with Gasteiger partial charge in [0.2, 0.25) is 5.91 Å². The fraction of sp³-hybridized carbons (Fsp3) is 0.545. The zero-order valence-electron chi connectivity index (χ0n) is 10.6. The van der Waals surface area contributed by atoms with Gasteiger partial charge in [-0.2, -0.15) is 0 Å². The fourth-order valence-corrected chi connectivity index (χ4v) is 3.14. The van der Waals surface area contributed by atoms with Crippen molar-refractivity contribution < 1.29 is 13.2 Å². The van der Waals surface area contributed by atoms with Crippen molar-refractivity contribution in [2.75, 3.05) is 18.0 Å². The summed E-state index contributed by atoms with van der Waals surface area (Å²) >= 11 is 0. The Labute approximate surface area is 112 Å². The van der Waals surface area contributed by atoms with Gasteiger partial charge in [-0.25, -0.2) is 23.1 Å². The van der Waals surface area contributed by atoms with Crippen molar-refractivity contribution in [2.24, 2.45) is 0 Å². The monoisotopic (exact) mass is 283 g/mol. The summed E-state index contributed by atoms with van der Waals surface area (Å²) in [7, 11) is -3.93. The van der Waals surface area contributed by atoms with E-state index in [1.165, 1.54) is 6.20 Å². The molecule has 2 rings (SSSR count). The van der Waals surface area contributed by atoms with Crippen molar-refractivity contribution in [3.05, 3.63) is 12.5 Å². The van der Waals surface area contributed by atoms with Crippen LogP contribution in [-0.4, -0.2) is 37.4 Å². The van der Waals surface area contributed by atoms with Crippen molar-refractivity contribution in [3.8, 4) is 0 Å². The number of carbonyl (C=O) groups excluding carboxylic acids is 1. The van der Waals surface area contributed by atoms with E-state index in [0.29, 0.717) is 5.82 Å². The van der Waals surface area contributed by atoms with E-state index in [0.717, 1.165) is 39.3 Å². The predicted molar refractivity (Wildman–Crippen MR) is 67.9 cm³/mol. The Balaban J connectivity index is 2.38. The van der Waals surface area contributed by atoms with Crippen LogP contribution in [0.5, 0.6) is 0 Å². The zero-order chi connectivity index (χ0) is 13.9. The predicted octanol–water partition coefficient (Wildman–Crippen LogP) is 0.0919. The third-order valence-electron chi connectivity index (χ3n) is 2.84. The van der Waals surface area contributed by atoms with Gasteiger partial charge in [0, 0.05) is 20.0 Å². The van der Waals surface area contributed by atoms with Gasteiger partial charge in [-0.15, -0.1) is 0 Å². The molecule has 0 atom stereocenters. The molecular weight excluding hydrogens is 268 g/mol. The summed E-state index contributed by atoms with van der Waals surface area (Å²) in [6.07, 6.45) is 6.68. The van der Waals surface area contributed by atoms with Crippen molar-refractivity contribution in [1.82, 2.24) is 14.7 Å². The highest BCUT2D eigenvalue weighted by molar-refractivity contribution is 7.90. The molecule has 0 saturated carbocycles. The van der Waals surface area contributed by atoms with Crippen LogP contribution in [0.2, 0.25) is 0 Å². The van der Waals surface area contributed by atoms with Crippen molar-refractivity contribution in [1.29, 1.82) is 0 Å². The van der Waals surface area contributed by atoms with Crippen LogP contribution < -0.4 is 9.62 Å². The van der Waals surface area contributed by atoms with Crippen molar-refractivity contribution in [3.63, 3.8) is 0 Å². The quantitative estimate of drug-likeness (QED) is 0.845. The summed E-state index contributed by atoms with van der Waals surface area (Å²) in [6.45, 7) is 2.63. The van der Waals surface area contributed by atoms with Gasteiger partial charge in [-0.3, -0.25) is 4.79 Å². The van der Waals surface area contributed by atoms with Gasteiger partial charge in [0.1, 0.15) is 4.90 Å². The molecule has 1 saturated heterocycles. The van der Waals surface area contributed by atoms with Gasteiger partial charge >= 0.3 is 0 Å². The number of hydrogen-bond acceptors (Lipinski definition) is 6. The minimum atomic E-state index is -3.93. The number of hydrogen-bond donors (Lipinski definition) is 1. The van der Waals surface area contributed by atoms with E-state index >= 15 is 0 Å². The second-order valence-corrected chi connectivity index (χ2v) is 6.02. The maximum Gasteiger partial charge on any atom is 0.269 e. The molecule has 1 amide bonds. The van der Waals surface area contributed by atoms with E-state index in [1.54, 1.807) is 0 Å². The van der Waals surface area contributed by atoms with Gasteiger partial charge < -0.3 is 4.90 Å². The molecule has 1 aromatic rings. The lowest BCUT2D eigenvalue weighted by molar-refractivity contribution is -0.117. The molecule has 0 bridgehead atoms. The summed E-state index contributed by atoms with van der Waals surface area (Å²) in [5.74, 6) is -0.333. The first-order chi connectivity index (χ1) is 9.00. The number of amides is 1. The minimum absolute atomic E-state index is 0.0802. The average Bonchev–Trinajstić information content (AvgIpc) is 2.38. The number of nitrogens with zero attached hydrogens (tertiary/aromatic N) is 3. The summed E-state index contributed by atoms with van der Waals surface area (Å²) in [6, 6.07) is 0. The minimum Gasteiger partial charge on any atom is -0.355 e. The number of piperidine rings is 1. The molecule has 8 heteroatoms. The van der Waals surface area contributed by atoms with E-state index in [2.05, 4.69) is 16.3 Å². The van der Waals surface area contributed by atoms with Crippen LogP contribution in [0.4, 0.5) is 5.82 Å². The lowest BCUT2D eigenvalue weighted by Gasteiger charge is -2.28. The molecule has 103 valence electrons. The summed E-state index contributed by atoms with van der Waals surface area (Å²) in [5, 5.41) is 0. The van der Waals surface area contributed by atoms with E-state index in [4.69, 9.17) is 0 Å². The number of aromatic nitrogens is 2. The van der Waals surface area contributed by atoms with Crippen LogP contribution in [-0.2, 0) is 14.8 Å². The van der Waals surface area contributed by atoms with E-state index in [-0.39, 0.29) is 4.90 Å². The van der Waals surface area contributed by atoms with E-state index in [9.17, 15) is 13.2 Å². The highest BCUT2D eigenvalue weighted by Gasteiger charge is 2.25. The fourth-order valence-electron chi connectivity index (χ4n) is 2.04. The lowest BCUT2D eigenvalue weighted by atomic mass is 10.1. The first kappa shape index (κ1) is 13.7. The SMILES string of the molecule is CC(=O)NS(=O)(=O)c1cn[c]nc1N1CCCCC1. The van der Waals surface area contributed by atoms with Crippen LogP contribution in [0, 0.1) is 6.33 Å². The van der Waals surface area contributed by atoms with E-state index in [1.807, 2.05) is 9.62 Å². The maximum absolute atomic E-state index is 12.1. The second kappa shape index (κ2) is 5.52. The van der Waals surface area contributed by atoms with Crippen LogP contribution in [0.15, 0.2) is 11.1 Å². The van der Waals surface area contributed by atoms with Gasteiger partial charge in [0.15, 0.2) is 12.1 Å². The van der Waals surface area contributed by atoms with Crippen molar-refractivity contribution >= 4 is 21.7 Å². The molecule has 2 heterocycles. The lowest BCUT2D eigenvalue weighted by Crippen LogP contribution is -2.34. The van der Waals surface area contributed by atoms with Crippen LogP contribution in [0.25, 0.3) is 0 Å². The number of sulfonamides is 1. The van der Waals surface area contributed by atoms with Gasteiger partial charge in [-0.05, 0) is 19.3 Å². The zero-order valence-corrected chi connectivity index (χ0v) is 11.4. The van der Waals surface area contributed by atoms with Gasteiger partial charge in [0.05, 0.1) is 6.20 Å². The van der Waals surface area contributed by atoms with E-state index < -0.39 is 15.9 Å². The standard InChI is InChI=1S/C11H15N4O3S/c1-9(16)14-19(17,18)10-7-12-8-13-11(10)15-5-3-2-4-6-15/h7H,2-6H2,1H3,(H,14,16). The third-order valence-corrected chi connectivity index (χ3v) is 4.26. The normalized spacial score (nSPS) is 16.2. The molecule has 0 unspecified atom stereocenters. The molecule has 0 aliphatic carbocycles. The molecule has 1 N–H and O–H groups in total. The molecule has 7 nitrogen and oxygen atoms in total. The molecule has 0 aromatic carbocycles. The Morgan fingerprint density at radius 3 is 2.68 bits per heavy atom. The van der Waals surface area contributed by atoms with Crippen molar-refractivity contribution in [2.45, 2.75) is 31.1 Å². The second-order valence-electron chi connectivity index (χ2n) is 4.37. The molecule has 1 aliphatic heterocycles. The molecule has 1 aromatic heterocycles. The molecule has 19 heavy (non-hydrogen) atoms. The highest BCUT2D eigenvalue weighted by Crippen LogP contribution is 2.24. The van der Waals surface area contributed by atoms with Gasteiger partial charge in [-0.1, -0.05) is 0 Å². The number of nitrogens with one attached hydrogen (secondary N) is 1. The molecule has 1 fully saturated rings. The number of carbonyl (C=O) groups is 1. The molecular formula is C11H15N4O3S. The first-order valence-electron chi connectivity index (χ1n) is 6.02. The molecule has 0 spiro atoms. The van der Waals surface area contributed by atoms with Crippen LogP contribution in [0.1, 0.15) is 26.2 Å². The number of rotatable bonds is 3. The Kier molecular flexibility index (Phi) is 3.98. The summed E-state index contributed by atoms with van der Waals surface area (Å²) in [4.78, 5) is 20.3. The summed E-state index contributed by atoms with van der Waals surface area (Å²) in [5.41, 5.74) is 0. The smallest absolute Gasteiger partial charge is 0.269 e. The Morgan fingerprint density at radius 2 is 2.05 bits per heavy atom.